The van der Waals surface area contributed by atoms with Crippen LogP contribution in [0.2, 0.25) is 0 Å². The van der Waals surface area contributed by atoms with Gasteiger partial charge >= 0.3 is 0 Å². The fourth-order valence-electron chi connectivity index (χ4n) is 1.85. The number of aliphatic hydroxyl groups is 2. The molecule has 0 bridgehead atoms. The molecule has 0 aliphatic carbocycles. The summed E-state index contributed by atoms with van der Waals surface area (Å²) in [5.41, 5.74) is 1.82. The van der Waals surface area contributed by atoms with Crippen molar-refractivity contribution in [1.29, 1.82) is 0 Å². The first-order valence-electron chi connectivity index (χ1n) is 6.15. The van der Waals surface area contributed by atoms with Gasteiger partial charge < -0.3 is 10.2 Å². The summed E-state index contributed by atoms with van der Waals surface area (Å²) in [7, 11) is 0. The second-order valence-corrected chi connectivity index (χ2v) is 4.28. The lowest BCUT2D eigenvalue weighted by Gasteiger charge is -2.14. The van der Waals surface area contributed by atoms with Gasteiger partial charge in [0.05, 0.1) is 12.2 Å². The minimum atomic E-state index is -0.404. The van der Waals surface area contributed by atoms with Crippen LogP contribution in [0.25, 0.3) is 0 Å². The predicted octanol–water partition coefficient (Wildman–Crippen LogP) is 3.35. The highest BCUT2D eigenvalue weighted by atomic mass is 16.3. The van der Waals surface area contributed by atoms with Gasteiger partial charge in [-0.2, -0.15) is 0 Å². The Morgan fingerprint density at radius 2 is 1.38 bits per heavy atom. The zero-order valence-corrected chi connectivity index (χ0v) is 10.2. The molecular weight excluding hydrogens is 200 g/mol. The Labute approximate surface area is 97.9 Å². The quantitative estimate of drug-likeness (QED) is 0.775. The minimum absolute atomic E-state index is 0.404. The average molecular weight is 222 g/mol. The standard InChI is InChI=1S/C14H22O2/c1-3-6-13(15)11-8-5-9-12(10-11)14(16)7-4-2/h5,8-10,13-16H,3-4,6-7H2,1-2H3. The molecule has 0 aliphatic rings. The fourth-order valence-corrected chi connectivity index (χ4v) is 1.85. The lowest BCUT2D eigenvalue weighted by molar-refractivity contribution is 0.160. The molecule has 0 heterocycles. The van der Waals surface area contributed by atoms with E-state index in [1.165, 1.54) is 0 Å². The van der Waals surface area contributed by atoms with E-state index in [0.29, 0.717) is 0 Å². The van der Waals surface area contributed by atoms with Crippen molar-refractivity contribution in [1.82, 2.24) is 0 Å². The maximum atomic E-state index is 9.88. The van der Waals surface area contributed by atoms with Crippen LogP contribution in [0.15, 0.2) is 24.3 Å². The molecule has 1 aromatic carbocycles. The maximum absolute atomic E-state index is 9.88. The Bertz CT molecular complexity index is 282. The summed E-state index contributed by atoms with van der Waals surface area (Å²) in [6, 6.07) is 7.66. The molecule has 0 saturated carbocycles. The van der Waals surface area contributed by atoms with Crippen molar-refractivity contribution in [2.75, 3.05) is 0 Å². The van der Waals surface area contributed by atoms with E-state index in [-0.39, 0.29) is 0 Å². The number of aliphatic hydroxyl groups excluding tert-OH is 2. The molecule has 0 fully saturated rings. The normalized spacial score (nSPS) is 14.8. The van der Waals surface area contributed by atoms with Crippen molar-refractivity contribution in [2.24, 2.45) is 0 Å². The van der Waals surface area contributed by atoms with Gasteiger partial charge in [0.15, 0.2) is 0 Å². The third-order valence-corrected chi connectivity index (χ3v) is 2.80. The van der Waals surface area contributed by atoms with E-state index in [0.717, 1.165) is 36.8 Å². The molecule has 0 aromatic heterocycles. The molecule has 1 aromatic rings. The number of rotatable bonds is 6. The van der Waals surface area contributed by atoms with Gasteiger partial charge in [-0.1, -0.05) is 51.0 Å². The van der Waals surface area contributed by atoms with E-state index in [4.69, 9.17) is 0 Å². The number of benzene rings is 1. The monoisotopic (exact) mass is 222 g/mol. The topological polar surface area (TPSA) is 40.5 Å². The van der Waals surface area contributed by atoms with Crippen molar-refractivity contribution in [2.45, 2.75) is 51.7 Å². The van der Waals surface area contributed by atoms with E-state index in [9.17, 15) is 10.2 Å². The molecule has 2 N–H and O–H groups in total. The first-order chi connectivity index (χ1) is 7.69. The molecule has 16 heavy (non-hydrogen) atoms. The lowest BCUT2D eigenvalue weighted by Crippen LogP contribution is -2.01. The highest BCUT2D eigenvalue weighted by Crippen LogP contribution is 2.24. The average Bonchev–Trinajstić information content (AvgIpc) is 2.30. The van der Waals surface area contributed by atoms with Crippen LogP contribution in [0.3, 0.4) is 0 Å². The summed E-state index contributed by atoms with van der Waals surface area (Å²) in [6.45, 7) is 4.11. The maximum Gasteiger partial charge on any atom is 0.0790 e. The third kappa shape index (κ3) is 3.62. The van der Waals surface area contributed by atoms with Crippen LogP contribution in [-0.2, 0) is 0 Å². The lowest BCUT2D eigenvalue weighted by atomic mass is 9.99. The van der Waals surface area contributed by atoms with E-state index >= 15 is 0 Å². The van der Waals surface area contributed by atoms with Crippen molar-refractivity contribution in [3.8, 4) is 0 Å². The van der Waals surface area contributed by atoms with E-state index < -0.39 is 12.2 Å². The SMILES string of the molecule is CCCC(O)c1cccc(C(O)CCC)c1. The Morgan fingerprint density at radius 1 is 0.938 bits per heavy atom. The van der Waals surface area contributed by atoms with Crippen LogP contribution >= 0.6 is 0 Å². The molecule has 0 spiro atoms. The summed E-state index contributed by atoms with van der Waals surface area (Å²) in [4.78, 5) is 0. The molecule has 1 rings (SSSR count). The smallest absolute Gasteiger partial charge is 0.0790 e. The zero-order valence-electron chi connectivity index (χ0n) is 10.2. The van der Waals surface area contributed by atoms with Crippen LogP contribution in [0.5, 0.6) is 0 Å². The molecule has 90 valence electrons. The van der Waals surface area contributed by atoms with Gasteiger partial charge in [-0.25, -0.2) is 0 Å². The first-order valence-corrected chi connectivity index (χ1v) is 6.15. The molecule has 0 radical (unpaired) electrons. The third-order valence-electron chi connectivity index (χ3n) is 2.80. The molecule has 2 heteroatoms. The minimum Gasteiger partial charge on any atom is -0.388 e. The zero-order chi connectivity index (χ0) is 12.0. The highest BCUT2D eigenvalue weighted by Gasteiger charge is 2.10. The molecule has 0 amide bonds. The van der Waals surface area contributed by atoms with Crippen LogP contribution in [-0.4, -0.2) is 10.2 Å². The molecule has 0 aliphatic heterocycles. The summed E-state index contributed by atoms with van der Waals surface area (Å²) in [5.74, 6) is 0. The van der Waals surface area contributed by atoms with Crippen molar-refractivity contribution >= 4 is 0 Å². The second kappa shape index (κ2) is 6.66. The molecule has 2 atom stereocenters. The Balaban J connectivity index is 2.77. The van der Waals surface area contributed by atoms with E-state index in [1.807, 2.05) is 24.3 Å². The van der Waals surface area contributed by atoms with Gasteiger partial charge in [0, 0.05) is 0 Å². The molecule has 2 nitrogen and oxygen atoms in total. The number of hydrogen-bond acceptors (Lipinski definition) is 2. The fraction of sp³-hybridized carbons (Fsp3) is 0.571. The van der Waals surface area contributed by atoms with Gasteiger partial charge in [-0.3, -0.25) is 0 Å². The Hall–Kier alpha value is -0.860. The summed E-state index contributed by atoms with van der Waals surface area (Å²) in [6.07, 6.45) is 2.66. The molecule has 0 saturated heterocycles. The summed E-state index contributed by atoms with van der Waals surface area (Å²) < 4.78 is 0. The van der Waals surface area contributed by atoms with Gasteiger partial charge in [0.1, 0.15) is 0 Å². The van der Waals surface area contributed by atoms with Crippen LogP contribution in [0, 0.1) is 0 Å². The van der Waals surface area contributed by atoms with E-state index in [2.05, 4.69) is 13.8 Å². The van der Waals surface area contributed by atoms with E-state index in [1.54, 1.807) is 0 Å². The van der Waals surface area contributed by atoms with Crippen LogP contribution in [0.1, 0.15) is 62.9 Å². The highest BCUT2D eigenvalue weighted by molar-refractivity contribution is 5.26. The van der Waals surface area contributed by atoms with Gasteiger partial charge in [0.2, 0.25) is 0 Å². The van der Waals surface area contributed by atoms with Crippen molar-refractivity contribution < 1.29 is 10.2 Å². The second-order valence-electron chi connectivity index (χ2n) is 4.28. The largest absolute Gasteiger partial charge is 0.388 e. The van der Waals surface area contributed by atoms with Crippen LogP contribution < -0.4 is 0 Å². The molecular formula is C14H22O2. The first kappa shape index (κ1) is 13.2. The van der Waals surface area contributed by atoms with Gasteiger partial charge in [0.25, 0.3) is 0 Å². The summed E-state index contributed by atoms with van der Waals surface area (Å²) in [5, 5.41) is 19.8. The summed E-state index contributed by atoms with van der Waals surface area (Å²) >= 11 is 0. The number of hydrogen-bond donors (Lipinski definition) is 2. The van der Waals surface area contributed by atoms with Gasteiger partial charge in [-0.15, -0.1) is 0 Å². The molecule has 2 unspecified atom stereocenters. The van der Waals surface area contributed by atoms with Gasteiger partial charge in [-0.05, 0) is 24.0 Å². The van der Waals surface area contributed by atoms with Crippen LogP contribution in [0.4, 0.5) is 0 Å². The Morgan fingerprint density at radius 3 is 1.75 bits per heavy atom. The Kier molecular flexibility index (Phi) is 5.50. The van der Waals surface area contributed by atoms with Crippen molar-refractivity contribution in [3.05, 3.63) is 35.4 Å². The predicted molar refractivity (Wildman–Crippen MR) is 66.2 cm³/mol. The van der Waals surface area contributed by atoms with Crippen molar-refractivity contribution in [3.63, 3.8) is 0 Å².